The zero-order chi connectivity index (χ0) is 75.9. The van der Waals surface area contributed by atoms with Gasteiger partial charge in [-0.15, -0.1) is 0 Å². The fourth-order valence-electron chi connectivity index (χ4n) is 13.3. The van der Waals surface area contributed by atoms with E-state index in [-0.39, 0.29) is 54.5 Å². The lowest BCUT2D eigenvalue weighted by Gasteiger charge is -2.20. The number of nitrogens with two attached hydrogens (primary N) is 4. The Morgan fingerprint density at radius 3 is 0.898 bits per heavy atom. The molecule has 0 aliphatic heterocycles. The van der Waals surface area contributed by atoms with Crippen molar-refractivity contribution in [1.82, 2.24) is 39.9 Å². The van der Waals surface area contributed by atoms with Crippen molar-refractivity contribution >= 4 is 97.2 Å². The number of anilines is 8. The molecule has 4 heterocycles. The number of nitrogen functional groups attached to an aromatic ring is 4. The molecule has 4 aliphatic rings. The van der Waals surface area contributed by atoms with Crippen LogP contribution in [-0.2, 0) is 96.2 Å². The van der Waals surface area contributed by atoms with Crippen molar-refractivity contribution in [2.75, 3.05) is 44.2 Å². The van der Waals surface area contributed by atoms with Crippen molar-refractivity contribution in [2.24, 2.45) is 0 Å². The molecular weight excluding hydrogens is 1450 g/mol. The number of amides is 4. The van der Waals surface area contributed by atoms with Gasteiger partial charge in [0.05, 0.1) is 94.0 Å². The highest BCUT2D eigenvalue weighted by atomic mass is 79.9. The molecule has 0 saturated heterocycles. The van der Waals surface area contributed by atoms with Crippen LogP contribution in [0.3, 0.4) is 0 Å². The number of fused-ring (bicyclic) bond motifs is 12. The average Bonchev–Trinajstić information content (AvgIpc) is 0.793. The minimum Gasteiger partial charge on any atom is -0.508 e. The summed E-state index contributed by atoms with van der Waals surface area (Å²) >= 11 is 9.28. The van der Waals surface area contributed by atoms with Crippen LogP contribution < -0.4 is 44.2 Å². The first-order valence-corrected chi connectivity index (χ1v) is 36.4. The summed E-state index contributed by atoms with van der Waals surface area (Å²) in [5.41, 5.74) is 48.8. The van der Waals surface area contributed by atoms with E-state index in [0.717, 1.165) is 169 Å². The fraction of sp³-hybridized carbons (Fsp3) is 0.190. The standard InChI is InChI=1S/C21H19BrN4O.C21H19ClN4O.C21H19FN4O.C21H20N4O2/c3*1-12-21(26-19(27)10-13-2-5-15(22)6-3-13)25-18-9-4-14-11-16(23)7-8-17(14)20(18)24-12;1-12-21(25-19(27)10-13-2-6-16(26)7-3-13)24-18-9-4-14-11-15(22)5-8-17(14)20(18)23-12/h3*2-3,5-8,11H,4,9-10,23H2,1H3,(H,25,26,27);2-3,5-8,11,26H,4,9-10,22H2,1H3,(H,24,25,27). The molecule has 544 valence electrons. The number of nitrogens with zero attached hydrogens (tertiary/aromatic N) is 8. The number of aromatic nitrogens is 8. The van der Waals surface area contributed by atoms with E-state index >= 15 is 0 Å². The van der Waals surface area contributed by atoms with Gasteiger partial charge in [-0.05, 0) is 221 Å². The number of carbonyl (C=O) groups is 4. The molecule has 0 spiro atoms. The van der Waals surface area contributed by atoms with Crippen LogP contribution >= 0.6 is 27.5 Å². The molecule has 24 heteroatoms. The van der Waals surface area contributed by atoms with Crippen molar-refractivity contribution in [3.05, 3.63) is 275 Å². The minimum absolute atomic E-state index is 0.0985. The Balaban J connectivity index is 0.000000127. The highest BCUT2D eigenvalue weighted by Crippen LogP contribution is 2.38. The molecule has 13 N–H and O–H groups in total. The van der Waals surface area contributed by atoms with Gasteiger partial charge < -0.3 is 49.3 Å². The van der Waals surface area contributed by atoms with Gasteiger partial charge in [0.1, 0.15) is 11.6 Å². The molecule has 21 nitrogen and oxygen atoms in total. The van der Waals surface area contributed by atoms with Crippen LogP contribution in [0.4, 0.5) is 50.4 Å². The normalized spacial score (nSPS) is 12.2. The van der Waals surface area contributed by atoms with Crippen molar-refractivity contribution < 1.29 is 28.7 Å². The third-order valence-electron chi connectivity index (χ3n) is 18.8. The summed E-state index contributed by atoms with van der Waals surface area (Å²) in [5, 5.41) is 21.5. The van der Waals surface area contributed by atoms with E-state index in [4.69, 9.17) is 54.5 Å². The van der Waals surface area contributed by atoms with E-state index in [2.05, 4.69) is 57.1 Å². The predicted octanol–water partition coefficient (Wildman–Crippen LogP) is 14.5. The lowest BCUT2D eigenvalue weighted by atomic mass is 9.91. The summed E-state index contributed by atoms with van der Waals surface area (Å²) < 4.78 is 14.0. The van der Waals surface area contributed by atoms with Crippen molar-refractivity contribution in [3.8, 4) is 50.8 Å². The second-order valence-electron chi connectivity index (χ2n) is 26.9. The number of benzene rings is 8. The molecule has 4 amide bonds. The van der Waals surface area contributed by atoms with E-state index < -0.39 is 0 Å². The third-order valence-corrected chi connectivity index (χ3v) is 19.6. The molecule has 8 aromatic carbocycles. The van der Waals surface area contributed by atoms with E-state index in [1.165, 1.54) is 34.4 Å². The first-order valence-electron chi connectivity index (χ1n) is 35.2. The van der Waals surface area contributed by atoms with Gasteiger partial charge in [-0.3, -0.25) is 19.2 Å². The van der Waals surface area contributed by atoms with Crippen LogP contribution in [-0.4, -0.2) is 68.6 Å². The summed E-state index contributed by atoms with van der Waals surface area (Å²) in [7, 11) is 0. The number of nitrogens with one attached hydrogen (secondary N) is 4. The van der Waals surface area contributed by atoms with Gasteiger partial charge in [-0.2, -0.15) is 0 Å². The number of aromatic hydroxyl groups is 1. The molecule has 0 unspecified atom stereocenters. The minimum atomic E-state index is -0.322. The number of carbonyl (C=O) groups excluding carboxylic acids is 4. The number of aryl methyl sites for hydroxylation is 12. The number of hydrogen-bond donors (Lipinski definition) is 9. The first-order chi connectivity index (χ1) is 52.0. The number of halogens is 3. The largest absolute Gasteiger partial charge is 0.508 e. The van der Waals surface area contributed by atoms with Gasteiger partial charge in [0.2, 0.25) is 23.6 Å². The summed E-state index contributed by atoms with van der Waals surface area (Å²) in [6.07, 6.45) is 7.43. The zero-order valence-corrected chi connectivity index (χ0v) is 62.1. The smallest absolute Gasteiger partial charge is 0.229 e. The first kappa shape index (κ1) is 74.0. The van der Waals surface area contributed by atoms with E-state index in [1.54, 1.807) is 48.5 Å². The maximum Gasteiger partial charge on any atom is 0.229 e. The molecule has 4 aromatic heterocycles. The number of phenolic OH excluding ortho intramolecular Hbond substituents is 1. The van der Waals surface area contributed by atoms with E-state index in [1.807, 2.05) is 137 Å². The quantitative estimate of drug-likeness (QED) is 0.0513. The maximum absolute atomic E-state index is 13.0. The Kier molecular flexibility index (Phi) is 22.3. The Morgan fingerprint density at radius 2 is 0.620 bits per heavy atom. The van der Waals surface area contributed by atoms with Gasteiger partial charge in [0.15, 0.2) is 23.3 Å². The van der Waals surface area contributed by atoms with Crippen molar-refractivity contribution in [1.29, 1.82) is 0 Å². The fourth-order valence-corrected chi connectivity index (χ4v) is 13.7. The van der Waals surface area contributed by atoms with Crippen LogP contribution in [0.5, 0.6) is 5.75 Å². The lowest BCUT2D eigenvalue weighted by Crippen LogP contribution is -2.19. The van der Waals surface area contributed by atoms with Crippen LogP contribution in [0.2, 0.25) is 5.02 Å². The van der Waals surface area contributed by atoms with Gasteiger partial charge in [-0.25, -0.2) is 44.3 Å². The Morgan fingerprint density at radius 1 is 0.370 bits per heavy atom. The van der Waals surface area contributed by atoms with Crippen molar-refractivity contribution in [3.63, 3.8) is 0 Å². The lowest BCUT2D eigenvalue weighted by molar-refractivity contribution is -0.116. The second-order valence-corrected chi connectivity index (χ2v) is 28.3. The monoisotopic (exact) mass is 1520 g/mol. The highest BCUT2D eigenvalue weighted by Gasteiger charge is 2.27. The SMILES string of the molecule is Cc1nc2c(nc1NC(=O)Cc1ccc(Br)cc1)CCc1cc(N)ccc1-2.Cc1nc2c(nc1NC(=O)Cc1ccc(Cl)cc1)CCc1cc(N)ccc1-2.Cc1nc2c(nc1NC(=O)Cc1ccc(F)cc1)CCc1cc(N)ccc1-2.Cc1nc2c(nc1NC(=O)Cc1ccc(O)cc1)CCc1cc(N)ccc1-2. The summed E-state index contributed by atoms with van der Waals surface area (Å²) in [6, 6.07) is 50.9. The third kappa shape index (κ3) is 17.9. The van der Waals surface area contributed by atoms with Crippen LogP contribution in [0.15, 0.2) is 174 Å². The maximum atomic E-state index is 13.0. The Hall–Kier alpha value is -12.3. The van der Waals surface area contributed by atoms with Crippen molar-refractivity contribution in [2.45, 2.75) is 105 Å². The molecule has 0 fully saturated rings. The highest BCUT2D eigenvalue weighted by molar-refractivity contribution is 9.10. The molecule has 0 radical (unpaired) electrons. The zero-order valence-electron chi connectivity index (χ0n) is 59.8. The molecule has 0 saturated carbocycles. The Labute approximate surface area is 636 Å². The molecule has 16 rings (SSSR count). The van der Waals surface area contributed by atoms with E-state index in [0.29, 0.717) is 57.5 Å². The topological polar surface area (TPSA) is 344 Å². The van der Waals surface area contributed by atoms with Crippen LogP contribution in [0.25, 0.3) is 45.0 Å². The molecular formula is C84H77BrClFN16O5. The summed E-state index contributed by atoms with van der Waals surface area (Å²) in [6.45, 7) is 7.40. The van der Waals surface area contributed by atoms with Gasteiger partial charge >= 0.3 is 0 Å². The molecule has 4 aliphatic carbocycles. The van der Waals surface area contributed by atoms with Crippen LogP contribution in [0, 0.1) is 33.5 Å². The van der Waals surface area contributed by atoms with E-state index in [9.17, 15) is 28.7 Å². The summed E-state index contributed by atoms with van der Waals surface area (Å²) in [4.78, 5) is 87.1. The number of rotatable bonds is 12. The second kappa shape index (κ2) is 32.6. The summed E-state index contributed by atoms with van der Waals surface area (Å²) in [5.74, 6) is 1.29. The molecule has 0 atom stereocenters. The predicted molar refractivity (Wildman–Crippen MR) is 426 cm³/mol. The molecule has 108 heavy (non-hydrogen) atoms. The molecule has 12 aromatic rings. The average molecular weight is 1530 g/mol. The van der Waals surface area contributed by atoms with Gasteiger partial charge in [0.25, 0.3) is 0 Å². The number of phenols is 1. The molecule has 0 bridgehead atoms. The van der Waals surface area contributed by atoms with Gasteiger partial charge in [0, 0.05) is 54.5 Å². The Bertz CT molecular complexity index is 4800. The van der Waals surface area contributed by atoms with Gasteiger partial charge in [-0.1, -0.05) is 100 Å². The number of hydrogen-bond acceptors (Lipinski definition) is 17. The van der Waals surface area contributed by atoms with Crippen LogP contribution in [0.1, 0.15) is 90.1 Å².